The Hall–Kier alpha value is -0.250. The van der Waals surface area contributed by atoms with Crippen molar-refractivity contribution in [1.82, 2.24) is 0 Å². The van der Waals surface area contributed by atoms with Crippen LogP contribution in [0.5, 0.6) is 5.75 Å². The van der Waals surface area contributed by atoms with E-state index in [0.717, 1.165) is 35.4 Å². The third-order valence-electron chi connectivity index (χ3n) is 2.95. The molecule has 2 unspecified atom stereocenters. The molecule has 1 fully saturated rings. The zero-order valence-electron chi connectivity index (χ0n) is 9.79. The van der Waals surface area contributed by atoms with Crippen LogP contribution in [0.2, 0.25) is 0 Å². The molecule has 2 nitrogen and oxygen atoms in total. The maximum absolute atomic E-state index is 6.47. The first-order valence-corrected chi connectivity index (χ1v) is 7.09. The summed E-state index contributed by atoms with van der Waals surface area (Å²) in [5.41, 5.74) is 1.12. The van der Waals surface area contributed by atoms with Gasteiger partial charge < -0.3 is 9.47 Å². The van der Waals surface area contributed by atoms with Crippen molar-refractivity contribution >= 4 is 27.5 Å². The Morgan fingerprint density at radius 1 is 1.59 bits per heavy atom. The van der Waals surface area contributed by atoms with E-state index in [2.05, 4.69) is 15.9 Å². The van der Waals surface area contributed by atoms with Gasteiger partial charge in [-0.25, -0.2) is 0 Å². The van der Waals surface area contributed by atoms with Crippen LogP contribution in [-0.2, 0) is 4.74 Å². The average molecular weight is 320 g/mol. The molecule has 1 saturated heterocycles. The number of hydrogen-bond donors (Lipinski definition) is 0. The van der Waals surface area contributed by atoms with E-state index in [9.17, 15) is 0 Å². The summed E-state index contributed by atoms with van der Waals surface area (Å²) in [7, 11) is 0. The van der Waals surface area contributed by atoms with E-state index < -0.39 is 0 Å². The van der Waals surface area contributed by atoms with E-state index in [-0.39, 0.29) is 5.38 Å². The maximum atomic E-state index is 6.47. The predicted molar refractivity (Wildman–Crippen MR) is 72.8 cm³/mol. The molecule has 0 saturated carbocycles. The number of rotatable bonds is 4. The number of benzene rings is 1. The van der Waals surface area contributed by atoms with Crippen LogP contribution < -0.4 is 4.74 Å². The lowest BCUT2D eigenvalue weighted by Gasteiger charge is -2.17. The average Bonchev–Trinajstić information content (AvgIpc) is 2.84. The van der Waals surface area contributed by atoms with Gasteiger partial charge in [-0.15, -0.1) is 11.6 Å². The minimum absolute atomic E-state index is 0.0180. The Bertz CT molecular complexity index is 378. The summed E-state index contributed by atoms with van der Waals surface area (Å²) in [6, 6.07) is 6.04. The van der Waals surface area contributed by atoms with Crippen molar-refractivity contribution in [3.05, 3.63) is 28.2 Å². The van der Waals surface area contributed by atoms with Gasteiger partial charge in [0.05, 0.1) is 23.1 Å². The van der Waals surface area contributed by atoms with Gasteiger partial charge in [-0.2, -0.15) is 0 Å². The van der Waals surface area contributed by atoms with E-state index in [0.29, 0.717) is 12.5 Å². The Labute approximate surface area is 115 Å². The van der Waals surface area contributed by atoms with E-state index in [4.69, 9.17) is 21.1 Å². The van der Waals surface area contributed by atoms with Crippen LogP contribution in [0.3, 0.4) is 0 Å². The van der Waals surface area contributed by atoms with Crippen LogP contribution in [0.4, 0.5) is 0 Å². The van der Waals surface area contributed by atoms with Crippen LogP contribution in [0.25, 0.3) is 0 Å². The topological polar surface area (TPSA) is 18.5 Å². The van der Waals surface area contributed by atoms with Crippen molar-refractivity contribution in [2.45, 2.75) is 18.7 Å². The highest BCUT2D eigenvalue weighted by Gasteiger charge is 2.25. The monoisotopic (exact) mass is 318 g/mol. The molecule has 4 heteroatoms. The quantitative estimate of drug-likeness (QED) is 0.776. The lowest BCUT2D eigenvalue weighted by atomic mass is 9.98. The largest absolute Gasteiger partial charge is 0.493 e. The van der Waals surface area contributed by atoms with Gasteiger partial charge >= 0.3 is 0 Å². The summed E-state index contributed by atoms with van der Waals surface area (Å²) < 4.78 is 11.8. The van der Waals surface area contributed by atoms with Crippen LogP contribution in [0.1, 0.15) is 24.3 Å². The molecule has 1 aromatic carbocycles. The summed E-state index contributed by atoms with van der Waals surface area (Å²) >= 11 is 9.98. The summed E-state index contributed by atoms with van der Waals surface area (Å²) in [4.78, 5) is 0. The highest BCUT2D eigenvalue weighted by atomic mass is 79.9. The van der Waals surface area contributed by atoms with Gasteiger partial charge in [0.15, 0.2) is 0 Å². The van der Waals surface area contributed by atoms with Crippen molar-refractivity contribution in [1.29, 1.82) is 0 Å². The maximum Gasteiger partial charge on any atom is 0.133 e. The van der Waals surface area contributed by atoms with E-state index >= 15 is 0 Å². The Morgan fingerprint density at radius 2 is 2.41 bits per heavy atom. The van der Waals surface area contributed by atoms with Crippen molar-refractivity contribution in [2.24, 2.45) is 5.92 Å². The molecule has 2 rings (SSSR count). The minimum atomic E-state index is 0.0180. The summed E-state index contributed by atoms with van der Waals surface area (Å²) in [6.45, 7) is 4.23. The molecule has 0 aliphatic carbocycles. The molecular formula is C13H16BrClO2. The van der Waals surface area contributed by atoms with Gasteiger partial charge in [-0.3, -0.25) is 0 Å². The Balaban J connectivity index is 2.12. The number of alkyl halides is 1. The summed E-state index contributed by atoms with van der Waals surface area (Å²) in [5.74, 6) is 1.28. The number of ether oxygens (including phenoxy) is 2. The summed E-state index contributed by atoms with van der Waals surface area (Å²) in [6.07, 6.45) is 1.04. The van der Waals surface area contributed by atoms with Crippen LogP contribution in [0.15, 0.2) is 22.7 Å². The molecule has 0 spiro atoms. The molecule has 94 valence electrons. The molecule has 1 aliphatic heterocycles. The fraction of sp³-hybridized carbons (Fsp3) is 0.538. The zero-order chi connectivity index (χ0) is 12.3. The predicted octanol–water partition coefficient (Wildman–Crippen LogP) is 4.16. The highest BCUT2D eigenvalue weighted by Crippen LogP contribution is 2.37. The molecule has 1 aromatic rings. The standard InChI is InChI=1S/C13H16BrClO2/c1-2-17-12-4-3-9(7-11(12)14)13(15)10-5-6-16-8-10/h3-4,7,10,13H,2,5-6,8H2,1H3. The molecular weight excluding hydrogens is 303 g/mol. The normalized spacial score (nSPS) is 21.5. The van der Waals surface area contributed by atoms with Crippen molar-refractivity contribution < 1.29 is 9.47 Å². The van der Waals surface area contributed by atoms with Crippen molar-refractivity contribution in [2.75, 3.05) is 19.8 Å². The molecule has 0 bridgehead atoms. The second-order valence-electron chi connectivity index (χ2n) is 4.15. The number of hydrogen-bond acceptors (Lipinski definition) is 2. The second kappa shape index (κ2) is 6.07. The second-order valence-corrected chi connectivity index (χ2v) is 5.47. The first-order valence-electron chi connectivity index (χ1n) is 5.86. The van der Waals surface area contributed by atoms with Crippen molar-refractivity contribution in [3.63, 3.8) is 0 Å². The molecule has 0 radical (unpaired) electrons. The molecule has 1 heterocycles. The van der Waals surface area contributed by atoms with E-state index in [1.165, 1.54) is 0 Å². The van der Waals surface area contributed by atoms with Gasteiger partial charge in [-0.1, -0.05) is 6.07 Å². The first kappa shape index (κ1) is 13.2. The fourth-order valence-corrected chi connectivity index (χ4v) is 2.86. The minimum Gasteiger partial charge on any atom is -0.493 e. The van der Waals surface area contributed by atoms with Crippen LogP contribution in [0, 0.1) is 5.92 Å². The third-order valence-corrected chi connectivity index (χ3v) is 4.18. The Kier molecular flexibility index (Phi) is 4.71. The molecule has 17 heavy (non-hydrogen) atoms. The van der Waals surface area contributed by atoms with E-state index in [1.54, 1.807) is 0 Å². The van der Waals surface area contributed by atoms with Gasteiger partial charge in [0.2, 0.25) is 0 Å². The van der Waals surface area contributed by atoms with E-state index in [1.807, 2.05) is 25.1 Å². The van der Waals surface area contributed by atoms with Crippen LogP contribution >= 0.6 is 27.5 Å². The summed E-state index contributed by atoms with van der Waals surface area (Å²) in [5, 5.41) is 0.0180. The molecule has 0 aromatic heterocycles. The van der Waals surface area contributed by atoms with Gasteiger partial charge in [0.1, 0.15) is 5.75 Å². The molecule has 2 atom stereocenters. The van der Waals surface area contributed by atoms with Crippen molar-refractivity contribution in [3.8, 4) is 5.75 Å². The van der Waals surface area contributed by atoms with Gasteiger partial charge in [-0.05, 0) is 47.0 Å². The number of halogens is 2. The molecule has 0 N–H and O–H groups in total. The lowest BCUT2D eigenvalue weighted by molar-refractivity contribution is 0.185. The SMILES string of the molecule is CCOc1ccc(C(Cl)C2CCOC2)cc1Br. The zero-order valence-corrected chi connectivity index (χ0v) is 12.1. The highest BCUT2D eigenvalue weighted by molar-refractivity contribution is 9.10. The third kappa shape index (κ3) is 3.15. The van der Waals surface area contributed by atoms with Crippen LogP contribution in [-0.4, -0.2) is 19.8 Å². The van der Waals surface area contributed by atoms with Gasteiger partial charge in [0.25, 0.3) is 0 Å². The Morgan fingerprint density at radius 3 is 3.00 bits per heavy atom. The van der Waals surface area contributed by atoms with Gasteiger partial charge in [0, 0.05) is 12.5 Å². The lowest BCUT2D eigenvalue weighted by Crippen LogP contribution is -2.07. The smallest absolute Gasteiger partial charge is 0.133 e. The first-order chi connectivity index (χ1) is 8.22. The fourth-order valence-electron chi connectivity index (χ4n) is 2.02. The molecule has 1 aliphatic rings. The molecule has 0 amide bonds.